The molecule has 0 atom stereocenters. The van der Waals surface area contributed by atoms with E-state index in [2.05, 4.69) is 0 Å². The van der Waals surface area contributed by atoms with Crippen molar-refractivity contribution in [1.29, 1.82) is 0 Å². The lowest BCUT2D eigenvalue weighted by molar-refractivity contribution is 0.686. The predicted molar refractivity (Wildman–Crippen MR) is 24.0 cm³/mol. The van der Waals surface area contributed by atoms with E-state index in [1.807, 2.05) is 0 Å². The maximum atomic E-state index is 4.81. The maximum absolute atomic E-state index is 4.81. The number of halogens is 3. The van der Waals surface area contributed by atoms with E-state index in [1.165, 1.54) is 0 Å². The van der Waals surface area contributed by atoms with Crippen molar-refractivity contribution in [1.82, 2.24) is 0 Å². The first-order valence-electron chi connectivity index (χ1n) is 0.655. The molecule has 5 heavy (non-hydrogen) atoms. The molecule has 0 spiro atoms. The molecule has 0 amide bonds. The van der Waals surface area contributed by atoms with Gasteiger partial charge in [0.05, 0.1) is 0 Å². The average molecular weight is 133 g/mol. The molecule has 0 fully saturated rings. The monoisotopic (exact) mass is 132 g/mol. The molecule has 0 N–H and O–H groups in total. The molecule has 0 heterocycles. The Kier molecular flexibility index (Phi) is 9.11. The van der Waals surface area contributed by atoms with Crippen molar-refractivity contribution in [3.63, 3.8) is 0 Å². The Balaban J connectivity index is 0. The van der Waals surface area contributed by atoms with Crippen molar-refractivity contribution < 1.29 is 5.48 Å². The molecule has 0 unspecified atom stereocenters. The summed E-state index contributed by atoms with van der Waals surface area (Å²) in [6.07, 6.45) is 0. The molecule has 0 aromatic carbocycles. The number of rotatable bonds is 0. The van der Waals surface area contributed by atoms with Gasteiger partial charge in [0.1, 0.15) is 0 Å². The number of hydrogen-bond acceptors (Lipinski definition) is 0. The molecule has 0 aromatic rings. The van der Waals surface area contributed by atoms with Crippen LogP contribution in [0.2, 0.25) is 0 Å². The molecular formula is BCl3O. The Morgan fingerprint density at radius 3 is 1.00 bits per heavy atom. The summed E-state index contributed by atoms with van der Waals surface area (Å²) in [6, 6.07) is 0. The molecule has 0 aromatic heterocycles. The van der Waals surface area contributed by atoms with E-state index < -0.39 is 4.96 Å². The largest absolute Gasteiger partial charge is 0.450 e. The third-order valence-corrected chi connectivity index (χ3v) is 0. The summed E-state index contributed by atoms with van der Waals surface area (Å²) in [5.41, 5.74) is 0. The van der Waals surface area contributed by atoms with E-state index in [0.29, 0.717) is 0 Å². The van der Waals surface area contributed by atoms with Gasteiger partial charge in [0, 0.05) is 5.48 Å². The van der Waals surface area contributed by atoms with Crippen LogP contribution in [-0.4, -0.2) is 4.96 Å². The first-order valence-corrected chi connectivity index (χ1v) is 1.96. The molecule has 2 radical (unpaired) electrons. The fraction of sp³-hybridized carbons (Fsp3) is 0. The van der Waals surface area contributed by atoms with Gasteiger partial charge in [-0.3, -0.25) is 0 Å². The van der Waals surface area contributed by atoms with Gasteiger partial charge in [-0.05, 0) is 0 Å². The zero-order valence-corrected chi connectivity index (χ0v) is 4.39. The first-order chi connectivity index (χ1) is 1.73. The summed E-state index contributed by atoms with van der Waals surface area (Å²) < 4.78 is 0. The quantitative estimate of drug-likeness (QED) is 0.449. The predicted octanol–water partition coefficient (Wildman–Crippen LogP) is 1.57. The molecular weight excluding hydrogens is 133 g/mol. The third-order valence-electron chi connectivity index (χ3n) is 0. The molecule has 0 bridgehead atoms. The second-order valence-corrected chi connectivity index (χ2v) is 2.23. The summed E-state index contributed by atoms with van der Waals surface area (Å²) in [5.74, 6) is 0. The van der Waals surface area contributed by atoms with Gasteiger partial charge < -0.3 is 0 Å². The Hall–Kier alpha value is 0.895. The van der Waals surface area contributed by atoms with Crippen molar-refractivity contribution in [2.24, 2.45) is 0 Å². The van der Waals surface area contributed by atoms with Gasteiger partial charge in [0.25, 0.3) is 0 Å². The summed E-state index contributed by atoms with van der Waals surface area (Å²) in [5, 5.41) is 0. The van der Waals surface area contributed by atoms with Crippen LogP contribution in [0.1, 0.15) is 0 Å². The Morgan fingerprint density at radius 1 is 1.00 bits per heavy atom. The zero-order chi connectivity index (χ0) is 3.58. The Labute approximate surface area is 45.3 Å². The third kappa shape index (κ3) is 51.2. The molecule has 0 saturated carbocycles. The van der Waals surface area contributed by atoms with Crippen LogP contribution in [0.15, 0.2) is 0 Å². The van der Waals surface area contributed by atoms with E-state index in [-0.39, 0.29) is 5.48 Å². The lowest BCUT2D eigenvalue weighted by Crippen LogP contribution is -1.66. The zero-order valence-electron chi connectivity index (χ0n) is 2.12. The normalized spacial score (nSPS) is 5.40. The van der Waals surface area contributed by atoms with Gasteiger partial charge in [0.15, 0.2) is 0 Å². The van der Waals surface area contributed by atoms with Crippen molar-refractivity contribution in [2.75, 3.05) is 0 Å². The summed E-state index contributed by atoms with van der Waals surface area (Å²) >= 11 is 14.4. The summed E-state index contributed by atoms with van der Waals surface area (Å²) in [4.78, 5) is -0.750. The minimum atomic E-state index is -0.750. The van der Waals surface area contributed by atoms with Crippen LogP contribution < -0.4 is 0 Å². The van der Waals surface area contributed by atoms with Crippen LogP contribution in [-0.2, 0) is 5.48 Å². The highest BCUT2D eigenvalue weighted by molar-refractivity contribution is 7.54. The Bertz CT molecular complexity index is 11.6. The van der Waals surface area contributed by atoms with E-state index in [4.69, 9.17) is 34.4 Å². The standard InChI is InChI=1S/BCl3.O/c2-1(3)4;. The van der Waals surface area contributed by atoms with E-state index >= 15 is 0 Å². The topological polar surface area (TPSA) is 28.5 Å². The van der Waals surface area contributed by atoms with Gasteiger partial charge in [-0.15, -0.1) is 0 Å². The molecule has 1 nitrogen and oxygen atoms in total. The smallest absolute Gasteiger partial charge is 0.150 e. The average Bonchev–Trinajstić information content (AvgIpc) is 0.811. The van der Waals surface area contributed by atoms with Crippen LogP contribution in [0.5, 0.6) is 0 Å². The lowest BCUT2D eigenvalue weighted by atomic mass is 10.7. The molecule has 5 heteroatoms. The Morgan fingerprint density at radius 2 is 1.00 bits per heavy atom. The molecule has 0 aliphatic heterocycles. The van der Waals surface area contributed by atoms with Crippen molar-refractivity contribution >= 4 is 39.3 Å². The van der Waals surface area contributed by atoms with Crippen LogP contribution in [0.3, 0.4) is 0 Å². The van der Waals surface area contributed by atoms with Crippen molar-refractivity contribution in [3.8, 4) is 0 Å². The van der Waals surface area contributed by atoms with Gasteiger partial charge >= 0.3 is 4.96 Å². The summed E-state index contributed by atoms with van der Waals surface area (Å²) in [6.45, 7) is 0. The fourth-order valence-corrected chi connectivity index (χ4v) is 0. The fourth-order valence-electron chi connectivity index (χ4n) is 0. The van der Waals surface area contributed by atoms with E-state index in [0.717, 1.165) is 0 Å². The van der Waals surface area contributed by atoms with Gasteiger partial charge in [-0.1, -0.05) is 0 Å². The van der Waals surface area contributed by atoms with Crippen LogP contribution in [0, 0.1) is 0 Å². The minimum absolute atomic E-state index is 0. The summed E-state index contributed by atoms with van der Waals surface area (Å²) in [7, 11) is 0. The highest BCUT2D eigenvalue weighted by Crippen LogP contribution is 1.97. The maximum Gasteiger partial charge on any atom is 0.450 e. The van der Waals surface area contributed by atoms with Gasteiger partial charge in [-0.25, -0.2) is 0 Å². The molecule has 0 aliphatic rings. The molecule has 30 valence electrons. The van der Waals surface area contributed by atoms with Crippen molar-refractivity contribution in [3.05, 3.63) is 0 Å². The minimum Gasteiger partial charge on any atom is -0.150 e. The highest BCUT2D eigenvalue weighted by atomic mass is 35.6. The van der Waals surface area contributed by atoms with Gasteiger partial charge in [0.2, 0.25) is 0 Å². The highest BCUT2D eigenvalue weighted by Gasteiger charge is 1.91. The lowest BCUT2D eigenvalue weighted by Gasteiger charge is -1.61. The van der Waals surface area contributed by atoms with E-state index in [9.17, 15) is 0 Å². The van der Waals surface area contributed by atoms with Crippen LogP contribution in [0.25, 0.3) is 0 Å². The van der Waals surface area contributed by atoms with Gasteiger partial charge in [-0.2, -0.15) is 34.4 Å². The van der Waals surface area contributed by atoms with Crippen molar-refractivity contribution in [2.45, 2.75) is 0 Å². The number of hydrogen-bond donors (Lipinski definition) is 0. The van der Waals surface area contributed by atoms with Crippen LogP contribution >= 0.6 is 34.4 Å². The van der Waals surface area contributed by atoms with Crippen LogP contribution in [0.4, 0.5) is 0 Å². The van der Waals surface area contributed by atoms with E-state index in [1.54, 1.807) is 0 Å². The molecule has 0 rings (SSSR count). The molecule has 0 saturated heterocycles. The molecule has 0 aliphatic carbocycles. The second kappa shape index (κ2) is 4.89. The second-order valence-electron chi connectivity index (χ2n) is 0.247. The first kappa shape index (κ1) is 9.31. The SMILES string of the molecule is ClB(Cl)Cl.[O].